The Morgan fingerprint density at radius 2 is 1.82 bits per heavy atom. The zero-order valence-corrected chi connectivity index (χ0v) is 19.5. The molecular weight excluding hydrogens is 467 g/mol. The molecule has 1 unspecified atom stereocenters. The number of carbonyl (C=O) groups excluding carboxylic acids is 1. The van der Waals surface area contributed by atoms with Gasteiger partial charge < -0.3 is 10.1 Å². The first kappa shape index (κ1) is 25.5. The van der Waals surface area contributed by atoms with Crippen molar-refractivity contribution >= 4 is 17.5 Å². The van der Waals surface area contributed by atoms with Gasteiger partial charge in [-0.1, -0.05) is 54.1 Å². The Morgan fingerprint density at radius 1 is 1.09 bits per heavy atom. The lowest BCUT2D eigenvalue weighted by Crippen LogP contribution is -2.38. The number of hydrogen-bond donors (Lipinski definition) is 2. The lowest BCUT2D eigenvalue weighted by atomic mass is 9.96. The van der Waals surface area contributed by atoms with Crippen molar-refractivity contribution in [3.8, 4) is 5.75 Å². The number of nitrogens with zero attached hydrogens (tertiary/aromatic N) is 1. The number of halogens is 4. The second kappa shape index (κ2) is 11.4. The standard InChI is InChI=1S/C25H25ClF3N3O2/c1-30-24(33)23(17-6-4-3-5-7-17)32-20(18-10-11-19(26)21(14-18)34-2)12-8-16-9-13-22(31-15-16)25(27,28)29/h3-7,9-11,13-15,20,23,32H,8,12H2,1-2H3,(H,30,33)/t20-,23?/m1/s1. The van der Waals surface area contributed by atoms with Crippen LogP contribution in [0.1, 0.15) is 40.9 Å². The zero-order chi connectivity index (χ0) is 24.7. The first-order chi connectivity index (χ1) is 16.2. The van der Waals surface area contributed by atoms with Crippen LogP contribution in [0.3, 0.4) is 0 Å². The Kier molecular flexibility index (Phi) is 8.52. The highest BCUT2D eigenvalue weighted by molar-refractivity contribution is 6.32. The molecule has 3 aromatic rings. The van der Waals surface area contributed by atoms with Gasteiger partial charge in [-0.2, -0.15) is 13.2 Å². The number of alkyl halides is 3. The zero-order valence-electron chi connectivity index (χ0n) is 18.7. The molecule has 34 heavy (non-hydrogen) atoms. The van der Waals surface area contributed by atoms with E-state index < -0.39 is 17.9 Å². The SMILES string of the molecule is CNC(=O)C(N[C@H](CCc1ccc(C(F)(F)F)nc1)c1ccc(Cl)c(OC)c1)c1ccccc1. The molecule has 3 rings (SSSR count). The quantitative estimate of drug-likeness (QED) is 0.414. The summed E-state index contributed by atoms with van der Waals surface area (Å²) in [6.07, 6.45) is -2.34. The van der Waals surface area contributed by atoms with Gasteiger partial charge >= 0.3 is 6.18 Å². The van der Waals surface area contributed by atoms with E-state index in [1.807, 2.05) is 36.4 Å². The van der Waals surface area contributed by atoms with Crippen molar-refractivity contribution in [3.05, 3.63) is 94.3 Å². The minimum absolute atomic E-state index is 0.215. The van der Waals surface area contributed by atoms with E-state index in [-0.39, 0.29) is 11.9 Å². The van der Waals surface area contributed by atoms with Gasteiger partial charge in [0.1, 0.15) is 17.5 Å². The summed E-state index contributed by atoms with van der Waals surface area (Å²) in [4.78, 5) is 16.3. The van der Waals surface area contributed by atoms with Crippen molar-refractivity contribution in [2.45, 2.75) is 31.1 Å². The van der Waals surface area contributed by atoms with Crippen LogP contribution in [0, 0.1) is 0 Å². The summed E-state index contributed by atoms with van der Waals surface area (Å²) in [7, 11) is 3.08. The second-order valence-electron chi connectivity index (χ2n) is 7.66. The average Bonchev–Trinajstić information content (AvgIpc) is 2.84. The van der Waals surface area contributed by atoms with Gasteiger partial charge in [-0.3, -0.25) is 15.1 Å². The summed E-state index contributed by atoms with van der Waals surface area (Å²) in [5.41, 5.74) is 1.32. The van der Waals surface area contributed by atoms with Crippen LogP contribution >= 0.6 is 11.6 Å². The topological polar surface area (TPSA) is 63.2 Å². The predicted molar refractivity (Wildman–Crippen MR) is 125 cm³/mol. The molecular formula is C25H25ClF3N3O2. The molecule has 0 aliphatic rings. The molecule has 0 aliphatic heterocycles. The molecule has 1 aromatic heterocycles. The molecule has 5 nitrogen and oxygen atoms in total. The van der Waals surface area contributed by atoms with Crippen LogP contribution in [0.25, 0.3) is 0 Å². The minimum atomic E-state index is -4.49. The Hall–Kier alpha value is -3.10. The van der Waals surface area contributed by atoms with Crippen LogP contribution in [-0.4, -0.2) is 25.0 Å². The smallest absolute Gasteiger partial charge is 0.433 e. The van der Waals surface area contributed by atoms with Crippen molar-refractivity contribution in [3.63, 3.8) is 0 Å². The van der Waals surface area contributed by atoms with E-state index in [0.717, 1.165) is 17.2 Å². The number of nitrogens with one attached hydrogen (secondary N) is 2. The van der Waals surface area contributed by atoms with Crippen molar-refractivity contribution in [1.29, 1.82) is 0 Å². The molecule has 2 aromatic carbocycles. The summed E-state index contributed by atoms with van der Waals surface area (Å²) < 4.78 is 43.9. The van der Waals surface area contributed by atoms with Crippen LogP contribution in [-0.2, 0) is 17.4 Å². The van der Waals surface area contributed by atoms with Gasteiger partial charge in [-0.25, -0.2) is 0 Å². The van der Waals surface area contributed by atoms with Crippen LogP contribution < -0.4 is 15.4 Å². The van der Waals surface area contributed by atoms with Gasteiger partial charge in [0.2, 0.25) is 5.91 Å². The Balaban J connectivity index is 1.89. The molecule has 1 heterocycles. The van der Waals surface area contributed by atoms with E-state index in [4.69, 9.17) is 16.3 Å². The number of methoxy groups -OCH3 is 1. The third kappa shape index (κ3) is 6.48. The molecule has 9 heteroatoms. The van der Waals surface area contributed by atoms with Gasteiger partial charge in [0, 0.05) is 19.3 Å². The fourth-order valence-electron chi connectivity index (χ4n) is 3.60. The number of amides is 1. The molecule has 1 amide bonds. The summed E-state index contributed by atoms with van der Waals surface area (Å²) >= 11 is 6.19. The maximum atomic E-state index is 12.8. The third-order valence-electron chi connectivity index (χ3n) is 5.42. The molecule has 0 saturated heterocycles. The number of rotatable bonds is 9. The normalized spacial score (nSPS) is 13.2. The van der Waals surface area contributed by atoms with Crippen molar-refractivity contribution in [1.82, 2.24) is 15.6 Å². The van der Waals surface area contributed by atoms with Gasteiger partial charge in [-0.05, 0) is 47.7 Å². The highest BCUT2D eigenvalue weighted by Crippen LogP contribution is 2.32. The van der Waals surface area contributed by atoms with Crippen LogP contribution in [0.2, 0.25) is 5.02 Å². The molecule has 2 N–H and O–H groups in total. The number of likely N-dealkylation sites (N-methyl/N-ethyl adjacent to an activating group) is 1. The molecule has 2 atom stereocenters. The number of carbonyl (C=O) groups is 1. The van der Waals surface area contributed by atoms with Crippen LogP contribution in [0.4, 0.5) is 13.2 Å². The number of pyridine rings is 1. The maximum Gasteiger partial charge on any atom is 0.433 e. The van der Waals surface area contributed by atoms with Crippen LogP contribution in [0.15, 0.2) is 66.9 Å². The molecule has 0 fully saturated rings. The highest BCUT2D eigenvalue weighted by atomic mass is 35.5. The van der Waals surface area contributed by atoms with Crippen LogP contribution in [0.5, 0.6) is 5.75 Å². The minimum Gasteiger partial charge on any atom is -0.495 e. The Bertz CT molecular complexity index is 1090. The first-order valence-electron chi connectivity index (χ1n) is 10.6. The largest absolute Gasteiger partial charge is 0.495 e. The van der Waals surface area contributed by atoms with Crippen molar-refractivity contribution in [2.75, 3.05) is 14.2 Å². The van der Waals surface area contributed by atoms with E-state index in [0.29, 0.717) is 29.2 Å². The fourth-order valence-corrected chi connectivity index (χ4v) is 3.80. The fraction of sp³-hybridized carbons (Fsp3) is 0.280. The first-order valence-corrected chi connectivity index (χ1v) is 11.0. The lowest BCUT2D eigenvalue weighted by molar-refractivity contribution is -0.141. The van der Waals surface area contributed by atoms with E-state index in [1.54, 1.807) is 19.2 Å². The molecule has 0 aliphatic carbocycles. The molecule has 0 radical (unpaired) electrons. The van der Waals surface area contributed by atoms with Gasteiger partial charge in [0.15, 0.2) is 0 Å². The van der Waals surface area contributed by atoms with Gasteiger partial charge in [-0.15, -0.1) is 0 Å². The molecule has 0 bridgehead atoms. The number of aromatic nitrogens is 1. The number of hydrogen-bond acceptors (Lipinski definition) is 4. The maximum absolute atomic E-state index is 12.8. The van der Waals surface area contributed by atoms with Crippen molar-refractivity contribution in [2.24, 2.45) is 0 Å². The number of benzene rings is 2. The van der Waals surface area contributed by atoms with E-state index in [1.165, 1.54) is 19.4 Å². The summed E-state index contributed by atoms with van der Waals surface area (Å²) in [5, 5.41) is 6.53. The molecule has 180 valence electrons. The Labute approximate surface area is 201 Å². The Morgan fingerprint density at radius 3 is 2.41 bits per heavy atom. The number of aryl methyl sites for hydroxylation is 1. The molecule has 0 spiro atoms. The summed E-state index contributed by atoms with van der Waals surface area (Å²) in [6, 6.07) is 16.0. The number of ether oxygens (including phenoxy) is 1. The van der Waals surface area contributed by atoms with E-state index in [2.05, 4.69) is 15.6 Å². The summed E-state index contributed by atoms with van der Waals surface area (Å²) in [6.45, 7) is 0. The summed E-state index contributed by atoms with van der Waals surface area (Å²) in [5.74, 6) is 0.270. The average molecular weight is 492 g/mol. The third-order valence-corrected chi connectivity index (χ3v) is 5.74. The highest BCUT2D eigenvalue weighted by Gasteiger charge is 2.32. The second-order valence-corrected chi connectivity index (χ2v) is 8.07. The monoisotopic (exact) mass is 491 g/mol. The van der Waals surface area contributed by atoms with Gasteiger partial charge in [0.25, 0.3) is 0 Å². The predicted octanol–water partition coefficient (Wildman–Crippen LogP) is 5.51. The van der Waals surface area contributed by atoms with E-state index >= 15 is 0 Å². The van der Waals surface area contributed by atoms with Crippen molar-refractivity contribution < 1.29 is 22.7 Å². The van der Waals surface area contributed by atoms with Gasteiger partial charge in [0.05, 0.1) is 12.1 Å². The lowest BCUT2D eigenvalue weighted by Gasteiger charge is -2.26. The van der Waals surface area contributed by atoms with E-state index in [9.17, 15) is 18.0 Å². The molecule has 0 saturated carbocycles.